The zero-order valence-electron chi connectivity index (χ0n) is 16.5. The van der Waals surface area contributed by atoms with E-state index in [1.165, 1.54) is 0 Å². The standard InChI is InChI=1S/C22H22N2O4S/c1-14(2)16-7-9-17(10-8-16)23-20(25)13-24-21(26)19(29-22(24)27)12-15-5-4-6-18(11-15)28-3/h4-12,14H,13H2,1-3H3,(H,23,25)/b19-12+. The first kappa shape index (κ1) is 20.7. The van der Waals surface area contributed by atoms with Crippen molar-refractivity contribution in [2.75, 3.05) is 19.0 Å². The van der Waals surface area contributed by atoms with Crippen molar-refractivity contribution >= 4 is 40.6 Å². The number of nitrogens with one attached hydrogen (secondary N) is 1. The van der Waals surface area contributed by atoms with Crippen LogP contribution in [0.5, 0.6) is 5.75 Å². The van der Waals surface area contributed by atoms with Crippen molar-refractivity contribution in [2.24, 2.45) is 0 Å². The Bertz CT molecular complexity index is 967. The van der Waals surface area contributed by atoms with Gasteiger partial charge in [-0.1, -0.05) is 38.1 Å². The van der Waals surface area contributed by atoms with Crippen molar-refractivity contribution in [1.82, 2.24) is 4.90 Å². The lowest BCUT2D eigenvalue weighted by Crippen LogP contribution is -2.36. The van der Waals surface area contributed by atoms with Crippen LogP contribution in [0.25, 0.3) is 6.08 Å². The predicted octanol–water partition coefficient (Wildman–Crippen LogP) is 4.49. The lowest BCUT2D eigenvalue weighted by atomic mass is 10.0. The number of carbonyl (C=O) groups excluding carboxylic acids is 3. The van der Waals surface area contributed by atoms with Crippen LogP contribution >= 0.6 is 11.8 Å². The summed E-state index contributed by atoms with van der Waals surface area (Å²) in [7, 11) is 1.56. The number of imide groups is 1. The van der Waals surface area contributed by atoms with E-state index in [1.54, 1.807) is 31.4 Å². The minimum absolute atomic E-state index is 0.275. The van der Waals surface area contributed by atoms with Crippen molar-refractivity contribution < 1.29 is 19.1 Å². The van der Waals surface area contributed by atoms with Crippen LogP contribution in [0.4, 0.5) is 10.5 Å². The van der Waals surface area contributed by atoms with E-state index in [2.05, 4.69) is 19.2 Å². The van der Waals surface area contributed by atoms with E-state index in [4.69, 9.17) is 4.74 Å². The molecule has 29 heavy (non-hydrogen) atoms. The quantitative estimate of drug-likeness (QED) is 0.710. The summed E-state index contributed by atoms with van der Waals surface area (Å²) in [5.74, 6) is 0.146. The van der Waals surface area contributed by atoms with Crippen LogP contribution in [0.15, 0.2) is 53.4 Å². The molecule has 6 nitrogen and oxygen atoms in total. The summed E-state index contributed by atoms with van der Waals surface area (Å²) < 4.78 is 5.17. The molecule has 1 N–H and O–H groups in total. The number of methoxy groups -OCH3 is 1. The maximum atomic E-state index is 12.6. The Labute approximate surface area is 173 Å². The number of hydrogen-bond acceptors (Lipinski definition) is 5. The minimum atomic E-state index is -0.479. The van der Waals surface area contributed by atoms with E-state index in [-0.39, 0.29) is 11.4 Å². The van der Waals surface area contributed by atoms with Gasteiger partial charge in [-0.25, -0.2) is 0 Å². The van der Waals surface area contributed by atoms with Gasteiger partial charge in [-0.05, 0) is 59.1 Å². The molecule has 0 aliphatic carbocycles. The Hall–Kier alpha value is -3.06. The minimum Gasteiger partial charge on any atom is -0.497 e. The molecule has 1 heterocycles. The van der Waals surface area contributed by atoms with E-state index in [0.29, 0.717) is 17.4 Å². The molecule has 1 aliphatic rings. The van der Waals surface area contributed by atoms with E-state index >= 15 is 0 Å². The normalized spacial score (nSPS) is 15.3. The molecule has 0 saturated carbocycles. The number of rotatable bonds is 6. The molecular weight excluding hydrogens is 388 g/mol. The summed E-state index contributed by atoms with van der Waals surface area (Å²) in [6.07, 6.45) is 1.62. The Morgan fingerprint density at radius 3 is 2.55 bits per heavy atom. The van der Waals surface area contributed by atoms with Gasteiger partial charge in [-0.3, -0.25) is 19.3 Å². The molecule has 2 aromatic carbocycles. The topological polar surface area (TPSA) is 75.7 Å². The fourth-order valence-corrected chi connectivity index (χ4v) is 3.65. The third kappa shape index (κ3) is 5.06. The van der Waals surface area contributed by atoms with Crippen molar-refractivity contribution in [3.05, 3.63) is 64.6 Å². The third-order valence-electron chi connectivity index (χ3n) is 4.43. The number of amides is 3. The molecule has 0 atom stereocenters. The highest BCUT2D eigenvalue weighted by atomic mass is 32.2. The first-order chi connectivity index (χ1) is 13.9. The van der Waals surface area contributed by atoms with Gasteiger partial charge in [-0.15, -0.1) is 0 Å². The zero-order chi connectivity index (χ0) is 21.0. The molecule has 150 valence electrons. The van der Waals surface area contributed by atoms with Gasteiger partial charge in [0, 0.05) is 5.69 Å². The van der Waals surface area contributed by atoms with Gasteiger partial charge < -0.3 is 10.1 Å². The van der Waals surface area contributed by atoms with Crippen molar-refractivity contribution in [3.63, 3.8) is 0 Å². The Morgan fingerprint density at radius 1 is 1.17 bits per heavy atom. The van der Waals surface area contributed by atoms with Gasteiger partial charge in [0.25, 0.3) is 11.1 Å². The molecule has 1 fully saturated rings. The van der Waals surface area contributed by atoms with Gasteiger partial charge in [0.05, 0.1) is 12.0 Å². The summed E-state index contributed by atoms with van der Waals surface area (Å²) in [6.45, 7) is 3.85. The van der Waals surface area contributed by atoms with Crippen LogP contribution in [-0.2, 0) is 9.59 Å². The Balaban J connectivity index is 1.66. The van der Waals surface area contributed by atoms with Gasteiger partial charge in [-0.2, -0.15) is 0 Å². The van der Waals surface area contributed by atoms with Crippen molar-refractivity contribution in [2.45, 2.75) is 19.8 Å². The Morgan fingerprint density at radius 2 is 1.90 bits per heavy atom. The van der Waals surface area contributed by atoms with Gasteiger partial charge >= 0.3 is 0 Å². The largest absolute Gasteiger partial charge is 0.497 e. The summed E-state index contributed by atoms with van der Waals surface area (Å²) in [5.41, 5.74) is 2.53. The van der Waals surface area contributed by atoms with Crippen LogP contribution in [0, 0.1) is 0 Å². The van der Waals surface area contributed by atoms with E-state index in [0.717, 1.165) is 27.8 Å². The molecule has 0 spiro atoms. The fraction of sp³-hybridized carbons (Fsp3) is 0.227. The van der Waals surface area contributed by atoms with Gasteiger partial charge in [0.1, 0.15) is 12.3 Å². The van der Waals surface area contributed by atoms with Gasteiger partial charge in [0.2, 0.25) is 5.91 Å². The second-order valence-electron chi connectivity index (χ2n) is 6.87. The fourth-order valence-electron chi connectivity index (χ4n) is 2.81. The van der Waals surface area contributed by atoms with Crippen LogP contribution in [0.2, 0.25) is 0 Å². The van der Waals surface area contributed by atoms with Crippen LogP contribution in [0.3, 0.4) is 0 Å². The molecule has 1 aliphatic heterocycles. The summed E-state index contributed by atoms with van der Waals surface area (Å²) in [4.78, 5) is 38.4. The van der Waals surface area contributed by atoms with Crippen LogP contribution < -0.4 is 10.1 Å². The molecule has 0 unspecified atom stereocenters. The molecule has 0 radical (unpaired) electrons. The molecule has 1 saturated heterocycles. The lowest BCUT2D eigenvalue weighted by molar-refractivity contribution is -0.127. The number of hydrogen-bond donors (Lipinski definition) is 1. The number of nitrogens with zero attached hydrogens (tertiary/aromatic N) is 1. The summed E-state index contributed by atoms with van der Waals surface area (Å²) >= 11 is 0.821. The maximum absolute atomic E-state index is 12.6. The van der Waals surface area contributed by atoms with Crippen molar-refractivity contribution in [1.29, 1.82) is 0 Å². The second kappa shape index (κ2) is 8.96. The molecular formula is C22H22N2O4S. The highest BCUT2D eigenvalue weighted by Gasteiger charge is 2.36. The second-order valence-corrected chi connectivity index (χ2v) is 7.86. The third-order valence-corrected chi connectivity index (χ3v) is 5.34. The molecule has 3 amide bonds. The number of benzene rings is 2. The average Bonchev–Trinajstić information content (AvgIpc) is 2.96. The maximum Gasteiger partial charge on any atom is 0.294 e. The van der Waals surface area contributed by atoms with Crippen LogP contribution in [-0.4, -0.2) is 35.6 Å². The SMILES string of the molecule is COc1cccc(/C=C2/SC(=O)N(CC(=O)Nc3ccc(C(C)C)cc3)C2=O)c1. The molecule has 0 bridgehead atoms. The molecule has 3 rings (SSSR count). The van der Waals surface area contributed by atoms with E-state index in [1.807, 2.05) is 30.3 Å². The van der Waals surface area contributed by atoms with Gasteiger partial charge in [0.15, 0.2) is 0 Å². The average molecular weight is 410 g/mol. The molecule has 0 aromatic heterocycles. The number of carbonyl (C=O) groups is 3. The molecule has 2 aromatic rings. The van der Waals surface area contributed by atoms with E-state index < -0.39 is 17.1 Å². The first-order valence-corrected chi connectivity index (χ1v) is 9.98. The number of anilines is 1. The summed E-state index contributed by atoms with van der Waals surface area (Å²) in [6, 6.07) is 14.7. The lowest BCUT2D eigenvalue weighted by Gasteiger charge is -2.13. The predicted molar refractivity (Wildman–Crippen MR) is 115 cm³/mol. The van der Waals surface area contributed by atoms with E-state index in [9.17, 15) is 14.4 Å². The number of thioether (sulfide) groups is 1. The first-order valence-electron chi connectivity index (χ1n) is 9.16. The zero-order valence-corrected chi connectivity index (χ0v) is 17.3. The monoisotopic (exact) mass is 410 g/mol. The highest BCUT2D eigenvalue weighted by molar-refractivity contribution is 8.18. The van der Waals surface area contributed by atoms with Crippen LogP contribution in [0.1, 0.15) is 30.9 Å². The Kier molecular flexibility index (Phi) is 6.39. The molecule has 7 heteroatoms. The number of ether oxygens (including phenoxy) is 1. The highest BCUT2D eigenvalue weighted by Crippen LogP contribution is 2.32. The summed E-state index contributed by atoms with van der Waals surface area (Å²) in [5, 5.41) is 2.26. The smallest absolute Gasteiger partial charge is 0.294 e. The van der Waals surface area contributed by atoms with Crippen molar-refractivity contribution in [3.8, 4) is 5.75 Å².